The number of urea groups is 1. The van der Waals surface area contributed by atoms with Gasteiger partial charge in [0, 0.05) is 19.6 Å². The van der Waals surface area contributed by atoms with Gasteiger partial charge in [-0.05, 0) is 36.5 Å². The van der Waals surface area contributed by atoms with E-state index in [0.717, 1.165) is 0 Å². The number of halogens is 1. The van der Waals surface area contributed by atoms with Crippen molar-refractivity contribution < 1.29 is 23.5 Å². The quantitative estimate of drug-likeness (QED) is 0.778. The lowest BCUT2D eigenvalue weighted by molar-refractivity contribution is -0.137. The van der Waals surface area contributed by atoms with E-state index in [1.54, 1.807) is 15.9 Å². The fraction of sp³-hybridized carbons (Fsp3) is 0.550. The SMILES string of the molecule is COc1ccc(CC(=O)N2CCC3(CC2)C(=O)NC(=O)N3CC(C)C)cc1F. The molecule has 2 aliphatic heterocycles. The van der Waals surface area contributed by atoms with Crippen molar-refractivity contribution in [2.75, 3.05) is 26.7 Å². The molecule has 152 valence electrons. The maximum Gasteiger partial charge on any atom is 0.325 e. The largest absolute Gasteiger partial charge is 0.494 e. The van der Waals surface area contributed by atoms with Crippen molar-refractivity contribution in [3.63, 3.8) is 0 Å². The van der Waals surface area contributed by atoms with Gasteiger partial charge in [-0.1, -0.05) is 19.9 Å². The van der Waals surface area contributed by atoms with Crippen LogP contribution in [0.4, 0.5) is 9.18 Å². The molecular weight excluding hydrogens is 365 g/mol. The third-order valence-corrected chi connectivity index (χ3v) is 5.47. The summed E-state index contributed by atoms with van der Waals surface area (Å²) in [6.45, 7) is 5.25. The van der Waals surface area contributed by atoms with Crippen LogP contribution in [0.1, 0.15) is 32.3 Å². The van der Waals surface area contributed by atoms with Gasteiger partial charge in [-0.25, -0.2) is 9.18 Å². The van der Waals surface area contributed by atoms with Crippen LogP contribution in [0.3, 0.4) is 0 Å². The Morgan fingerprint density at radius 1 is 1.29 bits per heavy atom. The molecule has 0 bridgehead atoms. The number of benzene rings is 1. The van der Waals surface area contributed by atoms with E-state index in [1.807, 2.05) is 13.8 Å². The molecule has 2 saturated heterocycles. The number of methoxy groups -OCH3 is 1. The van der Waals surface area contributed by atoms with Gasteiger partial charge in [-0.3, -0.25) is 14.9 Å². The molecule has 0 atom stereocenters. The molecule has 2 aliphatic rings. The van der Waals surface area contributed by atoms with Crippen LogP contribution in [0.2, 0.25) is 0 Å². The summed E-state index contributed by atoms with van der Waals surface area (Å²) in [7, 11) is 1.39. The highest BCUT2D eigenvalue weighted by Crippen LogP contribution is 2.34. The fourth-order valence-electron chi connectivity index (χ4n) is 3.95. The molecule has 0 aliphatic carbocycles. The highest BCUT2D eigenvalue weighted by atomic mass is 19.1. The lowest BCUT2D eigenvalue weighted by atomic mass is 9.85. The molecule has 3 rings (SSSR count). The first kappa shape index (κ1) is 20.1. The first-order valence-corrected chi connectivity index (χ1v) is 9.50. The van der Waals surface area contributed by atoms with E-state index in [0.29, 0.717) is 38.0 Å². The number of rotatable bonds is 5. The highest BCUT2D eigenvalue weighted by Gasteiger charge is 2.54. The number of nitrogens with one attached hydrogen (secondary N) is 1. The second-order valence-electron chi connectivity index (χ2n) is 7.82. The molecule has 1 aromatic carbocycles. The number of imide groups is 1. The normalized spacial score (nSPS) is 18.8. The molecule has 1 aromatic rings. The summed E-state index contributed by atoms with van der Waals surface area (Å²) in [6.07, 6.45) is 0.884. The van der Waals surface area contributed by atoms with Crippen molar-refractivity contribution in [2.45, 2.75) is 38.6 Å². The van der Waals surface area contributed by atoms with Crippen LogP contribution in [0.25, 0.3) is 0 Å². The minimum atomic E-state index is -0.871. The van der Waals surface area contributed by atoms with Gasteiger partial charge in [0.15, 0.2) is 11.6 Å². The molecule has 0 saturated carbocycles. The van der Waals surface area contributed by atoms with Crippen LogP contribution in [-0.4, -0.2) is 59.9 Å². The number of ether oxygens (including phenoxy) is 1. The topological polar surface area (TPSA) is 79.0 Å². The minimum absolute atomic E-state index is 0.0781. The van der Waals surface area contributed by atoms with Crippen LogP contribution in [0.15, 0.2) is 18.2 Å². The molecule has 28 heavy (non-hydrogen) atoms. The van der Waals surface area contributed by atoms with Gasteiger partial charge in [-0.15, -0.1) is 0 Å². The molecule has 0 aromatic heterocycles. The predicted octanol–water partition coefficient (Wildman–Crippen LogP) is 1.95. The molecular formula is C20H26FN3O4. The van der Waals surface area contributed by atoms with Gasteiger partial charge in [0.1, 0.15) is 5.54 Å². The van der Waals surface area contributed by atoms with Crippen molar-refractivity contribution in [3.8, 4) is 5.75 Å². The number of hydrogen-bond donors (Lipinski definition) is 1. The Hall–Kier alpha value is -2.64. The predicted molar refractivity (Wildman–Crippen MR) is 100 cm³/mol. The van der Waals surface area contributed by atoms with E-state index < -0.39 is 11.4 Å². The fourth-order valence-corrected chi connectivity index (χ4v) is 3.95. The number of piperidine rings is 1. The van der Waals surface area contributed by atoms with Gasteiger partial charge in [0.2, 0.25) is 5.91 Å². The standard InChI is InChI=1S/C20H26FN3O4/c1-13(2)12-24-19(27)22-18(26)20(24)6-8-23(9-7-20)17(25)11-14-4-5-16(28-3)15(21)10-14/h4-5,10,13H,6-9,11-12H2,1-3H3,(H,22,26,27). The number of amides is 4. The average Bonchev–Trinajstić information content (AvgIpc) is 2.86. The zero-order chi connectivity index (χ0) is 20.5. The summed E-state index contributed by atoms with van der Waals surface area (Å²) in [5, 5.41) is 2.42. The van der Waals surface area contributed by atoms with Crippen molar-refractivity contribution in [1.29, 1.82) is 0 Å². The summed E-state index contributed by atoms with van der Waals surface area (Å²) in [5.74, 6) is -0.533. The monoisotopic (exact) mass is 391 g/mol. The summed E-state index contributed by atoms with van der Waals surface area (Å²) in [4.78, 5) is 40.6. The van der Waals surface area contributed by atoms with Gasteiger partial charge in [-0.2, -0.15) is 0 Å². The van der Waals surface area contributed by atoms with Crippen molar-refractivity contribution >= 4 is 17.8 Å². The van der Waals surface area contributed by atoms with E-state index in [-0.39, 0.29) is 35.9 Å². The van der Waals surface area contributed by atoms with Gasteiger partial charge in [0.25, 0.3) is 5.91 Å². The highest BCUT2D eigenvalue weighted by molar-refractivity contribution is 6.07. The Morgan fingerprint density at radius 3 is 2.54 bits per heavy atom. The first-order chi connectivity index (χ1) is 13.3. The average molecular weight is 391 g/mol. The maximum atomic E-state index is 13.8. The minimum Gasteiger partial charge on any atom is -0.494 e. The number of likely N-dealkylation sites (tertiary alicyclic amines) is 1. The number of carbonyl (C=O) groups excluding carboxylic acids is 3. The summed E-state index contributed by atoms with van der Waals surface area (Å²) < 4.78 is 18.7. The Bertz CT molecular complexity index is 788. The zero-order valence-electron chi connectivity index (χ0n) is 16.5. The zero-order valence-corrected chi connectivity index (χ0v) is 16.5. The second kappa shape index (κ2) is 7.77. The Balaban J connectivity index is 1.65. The van der Waals surface area contributed by atoms with Crippen LogP contribution in [0.5, 0.6) is 5.75 Å². The maximum absolute atomic E-state index is 13.8. The van der Waals surface area contributed by atoms with E-state index in [9.17, 15) is 18.8 Å². The smallest absolute Gasteiger partial charge is 0.325 e. The Morgan fingerprint density at radius 2 is 1.96 bits per heavy atom. The lowest BCUT2D eigenvalue weighted by Gasteiger charge is -2.42. The molecule has 7 nitrogen and oxygen atoms in total. The van der Waals surface area contributed by atoms with Crippen LogP contribution in [-0.2, 0) is 16.0 Å². The molecule has 0 unspecified atom stereocenters. The summed E-state index contributed by atoms with van der Waals surface area (Å²) >= 11 is 0. The van der Waals surface area contributed by atoms with E-state index in [1.165, 1.54) is 19.2 Å². The summed E-state index contributed by atoms with van der Waals surface area (Å²) in [6, 6.07) is 4.11. The third-order valence-electron chi connectivity index (χ3n) is 5.47. The van der Waals surface area contributed by atoms with E-state index in [2.05, 4.69) is 5.32 Å². The van der Waals surface area contributed by atoms with Gasteiger partial charge in [0.05, 0.1) is 13.5 Å². The Kier molecular flexibility index (Phi) is 5.58. The molecule has 2 fully saturated rings. The molecule has 1 N–H and O–H groups in total. The molecule has 4 amide bonds. The van der Waals surface area contributed by atoms with Crippen LogP contribution in [0, 0.1) is 11.7 Å². The molecule has 2 heterocycles. The number of hydrogen-bond acceptors (Lipinski definition) is 4. The number of nitrogens with zero attached hydrogens (tertiary/aromatic N) is 2. The van der Waals surface area contributed by atoms with E-state index >= 15 is 0 Å². The number of carbonyl (C=O) groups is 3. The van der Waals surface area contributed by atoms with Gasteiger partial charge < -0.3 is 14.5 Å². The van der Waals surface area contributed by atoms with Crippen LogP contribution < -0.4 is 10.1 Å². The Labute approximate surface area is 163 Å². The van der Waals surface area contributed by atoms with Crippen LogP contribution >= 0.6 is 0 Å². The third kappa shape index (κ3) is 3.68. The molecule has 0 radical (unpaired) electrons. The van der Waals surface area contributed by atoms with E-state index in [4.69, 9.17) is 4.74 Å². The van der Waals surface area contributed by atoms with Crippen molar-refractivity contribution in [2.24, 2.45) is 5.92 Å². The van der Waals surface area contributed by atoms with Gasteiger partial charge >= 0.3 is 6.03 Å². The molecule has 8 heteroatoms. The summed E-state index contributed by atoms with van der Waals surface area (Å²) in [5.41, 5.74) is -0.302. The molecule has 1 spiro atoms. The first-order valence-electron chi connectivity index (χ1n) is 9.50. The van der Waals surface area contributed by atoms with Crippen molar-refractivity contribution in [3.05, 3.63) is 29.6 Å². The second-order valence-corrected chi connectivity index (χ2v) is 7.82. The lowest BCUT2D eigenvalue weighted by Crippen LogP contribution is -2.58. The van der Waals surface area contributed by atoms with Crippen molar-refractivity contribution in [1.82, 2.24) is 15.1 Å².